The highest BCUT2D eigenvalue weighted by molar-refractivity contribution is 4.49. The van der Waals surface area contributed by atoms with E-state index in [0.29, 0.717) is 0 Å². The fraction of sp³-hybridized carbons (Fsp3) is 1.00. The van der Waals surface area contributed by atoms with Crippen LogP contribution in [0, 0.1) is 0 Å². The van der Waals surface area contributed by atoms with Crippen LogP contribution in [-0.2, 0) is 0 Å². The van der Waals surface area contributed by atoms with Crippen LogP contribution in [0.5, 0.6) is 0 Å². The van der Waals surface area contributed by atoms with Crippen molar-refractivity contribution in [2.75, 3.05) is 39.9 Å². The zero-order valence-electron chi connectivity index (χ0n) is 15.4. The molecule has 0 aromatic carbocycles. The van der Waals surface area contributed by atoms with Crippen molar-refractivity contribution >= 4 is 0 Å². The van der Waals surface area contributed by atoms with Crippen molar-refractivity contribution in [1.82, 2.24) is 0 Å². The summed E-state index contributed by atoms with van der Waals surface area (Å²) in [5, 5.41) is 18.1. The molecule has 3 nitrogen and oxygen atoms in total. The van der Waals surface area contributed by atoms with Crippen molar-refractivity contribution in [3.8, 4) is 0 Å². The molecule has 2 N–H and O–H groups in total. The van der Waals surface area contributed by atoms with Gasteiger partial charge in [0.05, 0.1) is 26.7 Å². The van der Waals surface area contributed by atoms with Gasteiger partial charge in [0.15, 0.2) is 0 Å². The molecule has 0 atom stereocenters. The topological polar surface area (TPSA) is 40.5 Å². The Morgan fingerprint density at radius 1 is 0.545 bits per heavy atom. The van der Waals surface area contributed by atoms with Crippen LogP contribution in [0.4, 0.5) is 0 Å². The molecular formula is C19H42NO2+. The van der Waals surface area contributed by atoms with Crippen molar-refractivity contribution in [2.24, 2.45) is 0 Å². The highest BCUT2D eigenvalue weighted by atomic mass is 16.3. The van der Waals surface area contributed by atoms with Gasteiger partial charge in [-0.2, -0.15) is 0 Å². The Balaban J connectivity index is 3.58. The fourth-order valence-corrected chi connectivity index (χ4v) is 3.22. The van der Waals surface area contributed by atoms with Crippen LogP contribution < -0.4 is 0 Å². The largest absolute Gasteiger partial charge is 0.396 e. The average Bonchev–Trinajstić information content (AvgIpc) is 2.53. The molecule has 0 heterocycles. The second-order valence-corrected chi connectivity index (χ2v) is 7.13. The van der Waals surface area contributed by atoms with Gasteiger partial charge in [-0.1, -0.05) is 58.3 Å². The van der Waals surface area contributed by atoms with Crippen LogP contribution in [0.15, 0.2) is 0 Å². The number of nitrogens with zero attached hydrogens (tertiary/aromatic N) is 1. The van der Waals surface area contributed by atoms with Crippen LogP contribution >= 0.6 is 0 Å². The summed E-state index contributed by atoms with van der Waals surface area (Å²) in [6, 6.07) is 0. The zero-order chi connectivity index (χ0) is 16.5. The lowest BCUT2D eigenvalue weighted by Gasteiger charge is -2.34. The number of hydrogen-bond acceptors (Lipinski definition) is 2. The summed E-state index contributed by atoms with van der Waals surface area (Å²) >= 11 is 0. The van der Waals surface area contributed by atoms with Crippen LogP contribution in [0.2, 0.25) is 0 Å². The lowest BCUT2D eigenvalue weighted by molar-refractivity contribution is -0.910. The van der Waals surface area contributed by atoms with Gasteiger partial charge in [0.25, 0.3) is 0 Å². The number of aliphatic hydroxyl groups is 2. The molecule has 0 aromatic rings. The quantitative estimate of drug-likeness (QED) is 0.313. The first-order chi connectivity index (χ1) is 10.7. The number of unbranched alkanes of at least 4 members (excludes halogenated alkanes) is 9. The lowest BCUT2D eigenvalue weighted by atomic mass is 10.1. The molecule has 0 unspecified atom stereocenters. The average molecular weight is 317 g/mol. The molecule has 22 heavy (non-hydrogen) atoms. The Labute approximate surface area is 139 Å². The van der Waals surface area contributed by atoms with Gasteiger partial charge in [-0.05, 0) is 12.8 Å². The zero-order valence-corrected chi connectivity index (χ0v) is 15.4. The summed E-state index contributed by atoms with van der Waals surface area (Å²) in [6.07, 6.45) is 15.5. The van der Waals surface area contributed by atoms with Crippen molar-refractivity contribution in [1.29, 1.82) is 0 Å². The van der Waals surface area contributed by atoms with Gasteiger partial charge in [-0.25, -0.2) is 0 Å². The summed E-state index contributed by atoms with van der Waals surface area (Å²) in [6.45, 7) is 6.10. The van der Waals surface area contributed by atoms with E-state index in [4.69, 9.17) is 10.2 Å². The highest BCUT2D eigenvalue weighted by Gasteiger charge is 2.19. The van der Waals surface area contributed by atoms with Crippen LogP contribution in [0.25, 0.3) is 0 Å². The second kappa shape index (κ2) is 15.8. The normalized spacial score (nSPS) is 12.0. The van der Waals surface area contributed by atoms with E-state index in [2.05, 4.69) is 14.0 Å². The third-order valence-corrected chi connectivity index (χ3v) is 4.76. The Hall–Kier alpha value is -0.120. The first kappa shape index (κ1) is 21.9. The van der Waals surface area contributed by atoms with E-state index in [0.717, 1.165) is 30.4 Å². The minimum atomic E-state index is 0.283. The predicted molar refractivity (Wildman–Crippen MR) is 96.0 cm³/mol. The second-order valence-electron chi connectivity index (χ2n) is 7.13. The number of hydrogen-bond donors (Lipinski definition) is 2. The highest BCUT2D eigenvalue weighted by Crippen LogP contribution is 2.13. The predicted octanol–water partition coefficient (Wildman–Crippen LogP) is 4.12. The third kappa shape index (κ3) is 13.5. The summed E-state index contributed by atoms with van der Waals surface area (Å²) in [4.78, 5) is 0. The van der Waals surface area contributed by atoms with E-state index in [-0.39, 0.29) is 13.2 Å². The summed E-state index contributed by atoms with van der Waals surface area (Å²) in [5.74, 6) is 0. The van der Waals surface area contributed by atoms with Gasteiger partial charge in [0.1, 0.15) is 0 Å². The molecule has 0 fully saturated rings. The first-order valence-corrected chi connectivity index (χ1v) is 9.74. The minimum Gasteiger partial charge on any atom is -0.396 e. The summed E-state index contributed by atoms with van der Waals surface area (Å²) in [5.41, 5.74) is 0. The van der Waals surface area contributed by atoms with Crippen molar-refractivity contribution in [3.05, 3.63) is 0 Å². The molecule has 0 aliphatic heterocycles. The maximum atomic E-state index is 9.04. The number of aliphatic hydroxyl groups excluding tert-OH is 2. The molecule has 0 saturated carbocycles. The van der Waals surface area contributed by atoms with Gasteiger partial charge in [0, 0.05) is 26.1 Å². The molecule has 0 aliphatic carbocycles. The smallest absolute Gasteiger partial charge is 0.0806 e. The van der Waals surface area contributed by atoms with Crippen LogP contribution in [-0.4, -0.2) is 54.6 Å². The summed E-state index contributed by atoms with van der Waals surface area (Å²) in [7, 11) is 2.28. The van der Waals surface area contributed by atoms with Crippen LogP contribution in [0.3, 0.4) is 0 Å². The molecule has 0 spiro atoms. The molecule has 0 aliphatic rings. The van der Waals surface area contributed by atoms with E-state index < -0.39 is 0 Å². The van der Waals surface area contributed by atoms with Gasteiger partial charge >= 0.3 is 0 Å². The Bertz CT molecular complexity index is 213. The van der Waals surface area contributed by atoms with Gasteiger partial charge in [0.2, 0.25) is 0 Å². The van der Waals surface area contributed by atoms with Crippen molar-refractivity contribution in [2.45, 2.75) is 84.0 Å². The van der Waals surface area contributed by atoms with Gasteiger partial charge in [-0.15, -0.1) is 0 Å². The van der Waals surface area contributed by atoms with Crippen molar-refractivity contribution < 1.29 is 14.7 Å². The molecule has 0 aromatic heterocycles. The molecule has 0 radical (unpaired) electrons. The van der Waals surface area contributed by atoms with E-state index in [1.54, 1.807) is 0 Å². The standard InChI is InChI=1S/C19H42NO2/c1-3-4-5-6-7-8-9-10-11-12-15-20(2,16-13-18-21)17-14-19-22/h21-22H,3-19H2,1-2H3/q+1. The Morgan fingerprint density at radius 3 is 1.32 bits per heavy atom. The fourth-order valence-electron chi connectivity index (χ4n) is 3.22. The minimum absolute atomic E-state index is 0.283. The van der Waals surface area contributed by atoms with Gasteiger partial charge in [-0.3, -0.25) is 0 Å². The molecule has 0 rings (SSSR count). The molecule has 3 heteroatoms. The summed E-state index contributed by atoms with van der Waals surface area (Å²) < 4.78 is 1.01. The lowest BCUT2D eigenvalue weighted by Crippen LogP contribution is -2.46. The van der Waals surface area contributed by atoms with E-state index >= 15 is 0 Å². The molecule has 0 amide bonds. The monoisotopic (exact) mass is 316 g/mol. The van der Waals surface area contributed by atoms with E-state index in [1.807, 2.05) is 0 Å². The Morgan fingerprint density at radius 2 is 0.909 bits per heavy atom. The first-order valence-electron chi connectivity index (χ1n) is 9.74. The van der Waals surface area contributed by atoms with E-state index in [9.17, 15) is 0 Å². The van der Waals surface area contributed by atoms with Gasteiger partial charge < -0.3 is 14.7 Å². The molecule has 0 bridgehead atoms. The third-order valence-electron chi connectivity index (χ3n) is 4.76. The molecular weight excluding hydrogens is 274 g/mol. The van der Waals surface area contributed by atoms with Crippen LogP contribution in [0.1, 0.15) is 84.0 Å². The Kier molecular flexibility index (Phi) is 15.7. The number of rotatable bonds is 17. The maximum absolute atomic E-state index is 9.04. The SMILES string of the molecule is CCCCCCCCCCCC[N+](C)(CCCO)CCCO. The maximum Gasteiger partial charge on any atom is 0.0806 e. The molecule has 0 saturated heterocycles. The van der Waals surface area contributed by atoms with E-state index in [1.165, 1.54) is 70.8 Å². The van der Waals surface area contributed by atoms with Crippen molar-refractivity contribution in [3.63, 3.8) is 0 Å². The number of quaternary nitrogens is 1. The molecule has 134 valence electrons.